The van der Waals surface area contributed by atoms with Crippen LogP contribution in [0.15, 0.2) is 41.3 Å². The quantitative estimate of drug-likeness (QED) is 0.586. The third-order valence-corrected chi connectivity index (χ3v) is 2.05. The minimum Gasteiger partial charge on any atom is -0.444 e. The number of carbonyl (C=O) groups excluding carboxylic acids is 1. The van der Waals surface area contributed by atoms with E-state index < -0.39 is 0 Å². The van der Waals surface area contributed by atoms with Gasteiger partial charge in [-0.25, -0.2) is 9.37 Å². The van der Waals surface area contributed by atoms with Gasteiger partial charge in [-0.15, -0.1) is 0 Å². The maximum atomic E-state index is 12.7. The number of hydrogen-bond acceptors (Lipinski definition) is 3. The molecule has 0 radical (unpaired) electrons. The molecule has 0 bridgehead atoms. The molecule has 0 aliphatic carbocycles. The van der Waals surface area contributed by atoms with Gasteiger partial charge in [-0.05, 0) is 23.8 Å². The predicted molar refractivity (Wildman–Crippen MR) is 56.8 cm³/mol. The zero-order chi connectivity index (χ0) is 11.4. The summed E-state index contributed by atoms with van der Waals surface area (Å²) in [4.78, 5) is 14.6. The Kier molecular flexibility index (Phi) is 2.91. The van der Waals surface area contributed by atoms with Crippen LogP contribution < -0.4 is 0 Å². The summed E-state index contributed by atoms with van der Waals surface area (Å²) >= 11 is 0. The van der Waals surface area contributed by atoms with Crippen molar-refractivity contribution in [2.75, 3.05) is 0 Å². The normalized spacial score (nSPS) is 11.4. The minimum atomic E-state index is -0.339. The molecule has 80 valence electrons. The maximum Gasteiger partial charge on any atom is 0.181 e. The van der Waals surface area contributed by atoms with Gasteiger partial charge in [0.1, 0.15) is 11.6 Å². The Labute approximate surface area is 91.2 Å². The van der Waals surface area contributed by atoms with Gasteiger partial charge in [0, 0.05) is 5.57 Å². The second-order valence-corrected chi connectivity index (χ2v) is 3.13. The fraction of sp³-hybridized carbons (Fsp3) is 0. The summed E-state index contributed by atoms with van der Waals surface area (Å²) in [5.74, 6) is 0.139. The highest BCUT2D eigenvalue weighted by Gasteiger charge is 2.02. The van der Waals surface area contributed by atoms with Crippen LogP contribution in [0, 0.1) is 5.82 Å². The van der Waals surface area contributed by atoms with Crippen LogP contribution in [0.3, 0.4) is 0 Å². The van der Waals surface area contributed by atoms with Crippen LogP contribution in [0.5, 0.6) is 0 Å². The Morgan fingerprint density at radius 3 is 2.62 bits per heavy atom. The van der Waals surface area contributed by atoms with E-state index in [1.807, 2.05) is 0 Å². The van der Waals surface area contributed by atoms with E-state index >= 15 is 0 Å². The molecular formula is C12H8FNO2. The molecule has 1 aromatic heterocycles. The number of allylic oxidation sites excluding steroid dienone is 1. The first-order valence-electron chi connectivity index (χ1n) is 4.61. The van der Waals surface area contributed by atoms with E-state index in [2.05, 4.69) is 4.98 Å². The number of hydrogen-bond donors (Lipinski definition) is 0. The summed E-state index contributed by atoms with van der Waals surface area (Å²) in [6, 6.07) is 5.66. The van der Waals surface area contributed by atoms with Crippen LogP contribution in [0.2, 0.25) is 0 Å². The van der Waals surface area contributed by atoms with Gasteiger partial charge in [-0.3, -0.25) is 4.79 Å². The lowest BCUT2D eigenvalue weighted by Gasteiger charge is -1.98. The maximum absolute atomic E-state index is 12.7. The number of aromatic nitrogens is 1. The molecule has 0 unspecified atom stereocenters. The Morgan fingerprint density at radius 1 is 1.31 bits per heavy atom. The van der Waals surface area contributed by atoms with Crippen molar-refractivity contribution >= 4 is 17.9 Å². The van der Waals surface area contributed by atoms with Gasteiger partial charge in [0.2, 0.25) is 0 Å². The summed E-state index contributed by atoms with van der Waals surface area (Å²) in [7, 11) is 0. The molecule has 0 spiro atoms. The molecule has 0 saturated heterocycles. The van der Waals surface area contributed by atoms with Crippen LogP contribution in [-0.4, -0.2) is 11.3 Å². The summed E-state index contributed by atoms with van der Waals surface area (Å²) in [5.41, 5.74) is 1.05. The van der Waals surface area contributed by atoms with Crippen molar-refractivity contribution in [3.05, 3.63) is 54.0 Å². The van der Waals surface area contributed by atoms with E-state index in [0.717, 1.165) is 0 Å². The number of nitrogens with zero attached hydrogens (tertiary/aromatic N) is 1. The molecule has 0 aliphatic rings. The van der Waals surface area contributed by atoms with E-state index in [1.54, 1.807) is 6.08 Å². The van der Waals surface area contributed by atoms with Gasteiger partial charge in [0.25, 0.3) is 0 Å². The number of carbonyl (C=O) groups is 1. The Hall–Kier alpha value is -2.23. The Morgan fingerprint density at radius 2 is 2.06 bits per heavy atom. The van der Waals surface area contributed by atoms with Crippen LogP contribution in [0.1, 0.15) is 11.3 Å². The summed E-state index contributed by atoms with van der Waals surface area (Å²) in [6.45, 7) is 0. The van der Waals surface area contributed by atoms with E-state index in [0.29, 0.717) is 23.2 Å². The van der Waals surface area contributed by atoms with Gasteiger partial charge in [0.05, 0.1) is 6.20 Å². The van der Waals surface area contributed by atoms with E-state index in [-0.39, 0.29) is 5.82 Å². The zero-order valence-corrected chi connectivity index (χ0v) is 8.26. The van der Waals surface area contributed by atoms with E-state index in [4.69, 9.17) is 4.42 Å². The second-order valence-electron chi connectivity index (χ2n) is 3.13. The molecule has 3 nitrogen and oxygen atoms in total. The minimum absolute atomic E-state index is 0.339. The van der Waals surface area contributed by atoms with Gasteiger partial charge < -0.3 is 4.42 Å². The van der Waals surface area contributed by atoms with Crippen molar-refractivity contribution in [2.45, 2.75) is 0 Å². The number of oxazole rings is 1. The Balaban J connectivity index is 2.36. The molecule has 1 aromatic carbocycles. The third-order valence-electron chi connectivity index (χ3n) is 2.05. The lowest BCUT2D eigenvalue weighted by Crippen LogP contribution is -1.86. The molecule has 0 atom stereocenters. The van der Waals surface area contributed by atoms with Crippen molar-refractivity contribution in [3.8, 4) is 0 Å². The highest BCUT2D eigenvalue weighted by molar-refractivity contribution is 6.12. The van der Waals surface area contributed by atoms with Crippen LogP contribution in [-0.2, 0) is 4.79 Å². The molecule has 16 heavy (non-hydrogen) atoms. The molecule has 2 aromatic rings. The van der Waals surface area contributed by atoms with E-state index in [1.165, 1.54) is 36.9 Å². The SMILES string of the molecule is O=C/C(=C\c1cnco1)c1ccc(F)cc1. The summed E-state index contributed by atoms with van der Waals surface area (Å²) < 4.78 is 17.7. The average molecular weight is 217 g/mol. The smallest absolute Gasteiger partial charge is 0.181 e. The van der Waals surface area contributed by atoms with Crippen molar-refractivity contribution in [3.63, 3.8) is 0 Å². The number of benzene rings is 1. The molecule has 2 rings (SSSR count). The second kappa shape index (κ2) is 4.53. The molecule has 0 saturated carbocycles. The molecule has 0 fully saturated rings. The van der Waals surface area contributed by atoms with Crippen LogP contribution in [0.25, 0.3) is 11.6 Å². The van der Waals surface area contributed by atoms with E-state index in [9.17, 15) is 9.18 Å². The lowest BCUT2D eigenvalue weighted by molar-refractivity contribution is -0.103. The highest BCUT2D eigenvalue weighted by atomic mass is 19.1. The topological polar surface area (TPSA) is 43.1 Å². The number of halogens is 1. The predicted octanol–water partition coefficient (Wildman–Crippen LogP) is 2.55. The highest BCUT2D eigenvalue weighted by Crippen LogP contribution is 2.16. The first kappa shape index (κ1) is 10.3. The lowest BCUT2D eigenvalue weighted by atomic mass is 10.1. The van der Waals surface area contributed by atoms with Crippen LogP contribution >= 0.6 is 0 Å². The molecular weight excluding hydrogens is 209 g/mol. The fourth-order valence-corrected chi connectivity index (χ4v) is 1.28. The van der Waals surface area contributed by atoms with Crippen molar-refractivity contribution < 1.29 is 13.6 Å². The fourth-order valence-electron chi connectivity index (χ4n) is 1.28. The van der Waals surface area contributed by atoms with Crippen LogP contribution in [0.4, 0.5) is 4.39 Å². The molecule has 1 heterocycles. The summed E-state index contributed by atoms with van der Waals surface area (Å²) in [5, 5.41) is 0. The largest absolute Gasteiger partial charge is 0.444 e. The van der Waals surface area contributed by atoms with Gasteiger partial charge in [0.15, 0.2) is 12.7 Å². The number of rotatable bonds is 3. The van der Waals surface area contributed by atoms with Crippen molar-refractivity contribution in [2.24, 2.45) is 0 Å². The van der Waals surface area contributed by atoms with Gasteiger partial charge in [-0.1, -0.05) is 12.1 Å². The number of aldehydes is 1. The van der Waals surface area contributed by atoms with Gasteiger partial charge >= 0.3 is 0 Å². The van der Waals surface area contributed by atoms with Crippen molar-refractivity contribution in [1.29, 1.82) is 0 Å². The summed E-state index contributed by atoms with van der Waals surface area (Å²) in [6.07, 6.45) is 5.01. The molecule has 0 amide bonds. The van der Waals surface area contributed by atoms with Crippen molar-refractivity contribution in [1.82, 2.24) is 4.98 Å². The van der Waals surface area contributed by atoms with Gasteiger partial charge in [-0.2, -0.15) is 0 Å². The molecule has 0 aliphatic heterocycles. The first-order chi connectivity index (χ1) is 7.79. The Bertz CT molecular complexity index is 500. The average Bonchev–Trinajstić information content (AvgIpc) is 2.80. The third kappa shape index (κ3) is 2.23. The standard InChI is InChI=1S/C12H8FNO2/c13-11-3-1-9(2-4-11)10(7-15)5-12-6-14-8-16-12/h1-8H/b10-5+. The zero-order valence-electron chi connectivity index (χ0n) is 8.26. The molecule has 0 N–H and O–H groups in total. The monoisotopic (exact) mass is 217 g/mol. The molecule has 4 heteroatoms. The first-order valence-corrected chi connectivity index (χ1v) is 4.61.